The molecule has 0 spiro atoms. The van der Waals surface area contributed by atoms with Gasteiger partial charge in [0, 0.05) is 39.1 Å². The van der Waals surface area contributed by atoms with Gasteiger partial charge in [-0.05, 0) is 41.3 Å². The first-order chi connectivity index (χ1) is 20.6. The fourth-order valence-electron chi connectivity index (χ4n) is 5.76. The van der Waals surface area contributed by atoms with E-state index in [0.717, 1.165) is 57.7 Å². The predicted octanol–water partition coefficient (Wildman–Crippen LogP) is 7.23. The van der Waals surface area contributed by atoms with Gasteiger partial charge in [-0.15, -0.1) is 0 Å². The molecule has 0 bridgehead atoms. The maximum atomic E-state index is 12.7. The van der Waals surface area contributed by atoms with E-state index in [-0.39, 0.29) is 12.7 Å². The molecule has 1 aliphatic heterocycles. The minimum atomic E-state index is -0.502. The smallest absolute Gasteiger partial charge is 0.422 e. The third-order valence-corrected chi connectivity index (χ3v) is 8.17. The second kappa shape index (κ2) is 14.9. The Morgan fingerprint density at radius 3 is 2.31 bits per heavy atom. The fourth-order valence-corrected chi connectivity index (χ4v) is 5.76. The molecular formula is C35H43N3O4. The number of ether oxygens (including phenoxy) is 1. The van der Waals surface area contributed by atoms with Crippen LogP contribution in [0, 0.1) is 0 Å². The largest absolute Gasteiger partial charge is 0.444 e. The predicted molar refractivity (Wildman–Crippen MR) is 169 cm³/mol. The lowest BCUT2D eigenvalue weighted by Crippen LogP contribution is -2.46. The van der Waals surface area contributed by atoms with Crippen molar-refractivity contribution in [3.63, 3.8) is 0 Å². The number of para-hydroxylation sites is 1. The third-order valence-electron chi connectivity index (χ3n) is 8.17. The Balaban J connectivity index is 1.14. The average Bonchev–Trinajstić information content (AvgIpc) is 3.35. The Hall–Kier alpha value is -3.84. The number of carbonyl (C=O) groups is 1. The van der Waals surface area contributed by atoms with E-state index in [9.17, 15) is 9.59 Å². The highest BCUT2D eigenvalue weighted by Crippen LogP contribution is 2.28. The molecule has 4 aromatic rings. The van der Waals surface area contributed by atoms with Crippen LogP contribution >= 0.6 is 0 Å². The number of esters is 1. The van der Waals surface area contributed by atoms with Gasteiger partial charge in [0.15, 0.2) is 12.3 Å². The minimum absolute atomic E-state index is 0.125. The number of oxazole rings is 1. The van der Waals surface area contributed by atoms with Crippen LogP contribution in [0.2, 0.25) is 0 Å². The van der Waals surface area contributed by atoms with Gasteiger partial charge in [-0.2, -0.15) is 0 Å². The summed E-state index contributed by atoms with van der Waals surface area (Å²) in [5.74, 6) is -0.774. The van der Waals surface area contributed by atoms with E-state index in [1.165, 1.54) is 46.9 Å². The van der Waals surface area contributed by atoms with Crippen LogP contribution in [-0.2, 0) is 22.8 Å². The summed E-state index contributed by atoms with van der Waals surface area (Å²) in [6.07, 6.45) is 8.38. The number of fused-ring (bicyclic) bond motifs is 1. The number of rotatable bonds is 14. The Morgan fingerprint density at radius 1 is 0.810 bits per heavy atom. The van der Waals surface area contributed by atoms with Crippen LogP contribution in [0.4, 0.5) is 5.69 Å². The van der Waals surface area contributed by atoms with Crippen molar-refractivity contribution in [2.45, 2.75) is 71.6 Å². The van der Waals surface area contributed by atoms with Gasteiger partial charge in [0.1, 0.15) is 0 Å². The van der Waals surface area contributed by atoms with E-state index in [1.807, 2.05) is 24.3 Å². The molecular weight excluding hydrogens is 526 g/mol. The number of benzene rings is 3. The zero-order valence-electron chi connectivity index (χ0n) is 24.8. The van der Waals surface area contributed by atoms with Crippen molar-refractivity contribution in [2.24, 2.45) is 0 Å². The Bertz CT molecular complexity index is 1490. The molecule has 3 aromatic carbocycles. The summed E-state index contributed by atoms with van der Waals surface area (Å²) in [4.78, 5) is 29.8. The number of nitrogens with zero attached hydrogens (tertiary/aromatic N) is 3. The Morgan fingerprint density at radius 2 is 1.52 bits per heavy atom. The molecule has 0 aliphatic carbocycles. The highest BCUT2D eigenvalue weighted by molar-refractivity contribution is 5.87. The van der Waals surface area contributed by atoms with Crippen LogP contribution in [0.15, 0.2) is 82.0 Å². The summed E-state index contributed by atoms with van der Waals surface area (Å²) in [5.41, 5.74) is 5.88. The standard InChI is InChI=1S/C35H43N3O4/c1-2-3-4-5-6-7-11-20-33(39)41-27-38-32-19-13-18-31(34(32)42-35(38)40)37-23-21-36(22-24-37)26-28-14-12-17-30(25-28)29-15-9-8-10-16-29/h8-10,12-19,25H,2-7,11,20-24,26-27H2,1H3. The van der Waals surface area contributed by atoms with E-state index in [2.05, 4.69) is 65.3 Å². The molecule has 0 unspecified atom stereocenters. The molecule has 0 N–H and O–H groups in total. The lowest BCUT2D eigenvalue weighted by atomic mass is 10.0. The summed E-state index contributed by atoms with van der Waals surface area (Å²) < 4.78 is 12.6. The quantitative estimate of drug-likeness (QED) is 0.118. The molecule has 7 nitrogen and oxygen atoms in total. The van der Waals surface area contributed by atoms with Crippen LogP contribution < -0.4 is 10.7 Å². The van der Waals surface area contributed by atoms with Crippen molar-refractivity contribution < 1.29 is 13.9 Å². The van der Waals surface area contributed by atoms with Gasteiger partial charge in [0.05, 0.1) is 11.2 Å². The lowest BCUT2D eigenvalue weighted by Gasteiger charge is -2.36. The molecule has 7 heteroatoms. The SMILES string of the molecule is CCCCCCCCCC(=O)OCn1c(=O)oc2c(N3CCN(Cc4cccc(-c5ccccc5)c4)CC3)cccc21. The Labute approximate surface area is 248 Å². The van der Waals surface area contributed by atoms with Gasteiger partial charge in [-0.1, -0.05) is 100 Å². The number of hydrogen-bond donors (Lipinski definition) is 0. The van der Waals surface area contributed by atoms with E-state index >= 15 is 0 Å². The summed E-state index contributed by atoms with van der Waals surface area (Å²) in [7, 11) is 0. The van der Waals surface area contributed by atoms with E-state index in [1.54, 1.807) is 0 Å². The van der Waals surface area contributed by atoms with Crippen molar-refractivity contribution in [2.75, 3.05) is 31.1 Å². The highest BCUT2D eigenvalue weighted by Gasteiger charge is 2.22. The number of anilines is 1. The Kier molecular flexibility index (Phi) is 10.5. The number of piperazine rings is 1. The number of unbranched alkanes of at least 4 members (excludes halogenated alkanes) is 6. The average molecular weight is 570 g/mol. The molecule has 1 aliphatic rings. The second-order valence-electron chi connectivity index (χ2n) is 11.3. The van der Waals surface area contributed by atoms with Gasteiger partial charge in [-0.3, -0.25) is 9.69 Å². The molecule has 1 aromatic heterocycles. The van der Waals surface area contributed by atoms with Crippen molar-refractivity contribution in [3.8, 4) is 11.1 Å². The topological polar surface area (TPSA) is 67.9 Å². The van der Waals surface area contributed by atoms with Gasteiger partial charge in [0.25, 0.3) is 0 Å². The molecule has 2 heterocycles. The highest BCUT2D eigenvalue weighted by atomic mass is 16.5. The number of carbonyl (C=O) groups excluding carboxylic acids is 1. The molecule has 0 amide bonds. The molecule has 1 fully saturated rings. The monoisotopic (exact) mass is 569 g/mol. The summed E-state index contributed by atoms with van der Waals surface area (Å²) >= 11 is 0. The van der Waals surface area contributed by atoms with Gasteiger partial charge >= 0.3 is 11.7 Å². The normalized spacial score (nSPS) is 14.0. The third kappa shape index (κ3) is 7.71. The van der Waals surface area contributed by atoms with Gasteiger partial charge in [-0.25, -0.2) is 9.36 Å². The van der Waals surface area contributed by atoms with Crippen LogP contribution in [-0.4, -0.2) is 41.6 Å². The summed E-state index contributed by atoms with van der Waals surface area (Å²) in [6.45, 7) is 6.47. The molecule has 42 heavy (non-hydrogen) atoms. The van der Waals surface area contributed by atoms with Crippen molar-refractivity contribution >= 4 is 22.8 Å². The van der Waals surface area contributed by atoms with Crippen molar-refractivity contribution in [1.82, 2.24) is 9.47 Å². The van der Waals surface area contributed by atoms with Crippen LogP contribution in [0.3, 0.4) is 0 Å². The first kappa shape index (κ1) is 29.6. The number of aromatic nitrogens is 1. The minimum Gasteiger partial charge on any atom is -0.444 e. The second-order valence-corrected chi connectivity index (χ2v) is 11.3. The maximum absolute atomic E-state index is 12.7. The van der Waals surface area contributed by atoms with E-state index in [0.29, 0.717) is 17.5 Å². The van der Waals surface area contributed by atoms with Crippen LogP contribution in [0.1, 0.15) is 63.9 Å². The fraction of sp³-hybridized carbons (Fsp3) is 0.429. The molecule has 1 saturated heterocycles. The molecule has 0 radical (unpaired) electrons. The molecule has 0 atom stereocenters. The van der Waals surface area contributed by atoms with Crippen LogP contribution in [0.5, 0.6) is 0 Å². The first-order valence-electron chi connectivity index (χ1n) is 15.5. The first-order valence-corrected chi connectivity index (χ1v) is 15.5. The molecule has 0 saturated carbocycles. The lowest BCUT2D eigenvalue weighted by molar-refractivity contribution is -0.147. The van der Waals surface area contributed by atoms with Crippen LogP contribution in [0.25, 0.3) is 22.2 Å². The van der Waals surface area contributed by atoms with E-state index in [4.69, 9.17) is 9.15 Å². The number of hydrogen-bond acceptors (Lipinski definition) is 6. The zero-order chi connectivity index (χ0) is 29.1. The van der Waals surface area contributed by atoms with Crippen molar-refractivity contribution in [1.29, 1.82) is 0 Å². The summed E-state index contributed by atoms with van der Waals surface area (Å²) in [5, 5.41) is 0. The zero-order valence-corrected chi connectivity index (χ0v) is 24.8. The summed E-state index contributed by atoms with van der Waals surface area (Å²) in [6, 6.07) is 25.0. The van der Waals surface area contributed by atoms with Gasteiger partial charge in [0.2, 0.25) is 0 Å². The van der Waals surface area contributed by atoms with Gasteiger partial charge < -0.3 is 14.1 Å². The molecule has 5 rings (SSSR count). The van der Waals surface area contributed by atoms with E-state index < -0.39 is 5.76 Å². The maximum Gasteiger partial charge on any atom is 0.422 e. The molecule has 222 valence electrons. The van der Waals surface area contributed by atoms with Crippen molar-refractivity contribution in [3.05, 3.63) is 88.9 Å².